The summed E-state index contributed by atoms with van der Waals surface area (Å²) in [5.74, 6) is 0. The lowest BCUT2D eigenvalue weighted by Crippen LogP contribution is -2.47. The van der Waals surface area contributed by atoms with Crippen molar-refractivity contribution in [3.05, 3.63) is 29.3 Å². The summed E-state index contributed by atoms with van der Waals surface area (Å²) in [4.78, 5) is 0. The Morgan fingerprint density at radius 3 is 2.74 bits per heavy atom. The molecular formula is C15H20ClNO2. The zero-order chi connectivity index (χ0) is 13.1. The monoisotopic (exact) mass is 281 g/mol. The van der Waals surface area contributed by atoms with E-state index in [-0.39, 0.29) is 5.60 Å². The van der Waals surface area contributed by atoms with Crippen molar-refractivity contribution in [2.45, 2.75) is 37.3 Å². The zero-order valence-corrected chi connectivity index (χ0v) is 11.8. The van der Waals surface area contributed by atoms with Gasteiger partial charge < -0.3 is 14.8 Å². The molecule has 0 amide bonds. The predicted octanol–water partition coefficient (Wildman–Crippen LogP) is 3.48. The van der Waals surface area contributed by atoms with Crippen LogP contribution in [0, 0.1) is 0 Å². The largest absolute Gasteiger partial charge is 0.381 e. The Kier molecular flexibility index (Phi) is 3.96. The third-order valence-electron chi connectivity index (χ3n) is 4.13. The molecule has 2 saturated heterocycles. The van der Waals surface area contributed by atoms with Crippen LogP contribution in [0.15, 0.2) is 24.3 Å². The van der Waals surface area contributed by atoms with Crippen LogP contribution in [0.5, 0.6) is 0 Å². The first-order valence-electron chi connectivity index (χ1n) is 7.00. The minimum absolute atomic E-state index is 0.0232. The van der Waals surface area contributed by atoms with E-state index in [2.05, 4.69) is 5.32 Å². The van der Waals surface area contributed by atoms with E-state index < -0.39 is 0 Å². The number of rotatable bonds is 2. The van der Waals surface area contributed by atoms with Crippen molar-refractivity contribution in [2.75, 3.05) is 25.1 Å². The summed E-state index contributed by atoms with van der Waals surface area (Å²) in [7, 11) is 0. The molecule has 2 fully saturated rings. The van der Waals surface area contributed by atoms with Gasteiger partial charge in [0.15, 0.2) is 0 Å². The molecule has 2 aliphatic heterocycles. The summed E-state index contributed by atoms with van der Waals surface area (Å²) in [6, 6.07) is 8.36. The second-order valence-corrected chi connectivity index (χ2v) is 5.86. The summed E-state index contributed by atoms with van der Waals surface area (Å²) in [5, 5.41) is 4.36. The summed E-state index contributed by atoms with van der Waals surface area (Å²) in [5.41, 5.74) is 1.05. The number of anilines is 1. The van der Waals surface area contributed by atoms with E-state index in [1.807, 2.05) is 24.3 Å². The van der Waals surface area contributed by atoms with E-state index >= 15 is 0 Å². The zero-order valence-electron chi connectivity index (χ0n) is 11.0. The van der Waals surface area contributed by atoms with Crippen molar-refractivity contribution < 1.29 is 9.47 Å². The van der Waals surface area contributed by atoms with Gasteiger partial charge in [0, 0.05) is 25.9 Å². The van der Waals surface area contributed by atoms with Crippen LogP contribution in [-0.2, 0) is 9.47 Å². The molecule has 19 heavy (non-hydrogen) atoms. The molecule has 1 aromatic rings. The minimum atomic E-state index is 0.0232. The molecule has 0 bridgehead atoms. The van der Waals surface area contributed by atoms with Crippen LogP contribution in [0.2, 0.25) is 5.02 Å². The topological polar surface area (TPSA) is 30.5 Å². The molecular weight excluding hydrogens is 262 g/mol. The van der Waals surface area contributed by atoms with E-state index in [9.17, 15) is 0 Å². The molecule has 1 aromatic carbocycles. The molecule has 0 aliphatic carbocycles. The standard InChI is InChI=1S/C15H20ClNO2/c16-13-3-1-2-4-14(13)17-12-5-8-19-15(11-12)6-9-18-10-7-15/h1-4,12,17H,5-11H2. The maximum absolute atomic E-state index is 6.21. The summed E-state index contributed by atoms with van der Waals surface area (Å²) in [6.07, 6.45) is 4.09. The van der Waals surface area contributed by atoms with Gasteiger partial charge >= 0.3 is 0 Å². The second-order valence-electron chi connectivity index (χ2n) is 5.46. The highest BCUT2D eigenvalue weighted by Crippen LogP contribution is 2.36. The Bertz CT molecular complexity index is 426. The molecule has 1 unspecified atom stereocenters. The van der Waals surface area contributed by atoms with Gasteiger partial charge in [0.25, 0.3) is 0 Å². The fourth-order valence-corrected chi connectivity index (χ4v) is 3.23. The Morgan fingerprint density at radius 2 is 1.95 bits per heavy atom. The Labute approximate surface area is 119 Å². The summed E-state index contributed by atoms with van der Waals surface area (Å²) in [6.45, 7) is 2.46. The predicted molar refractivity (Wildman–Crippen MR) is 76.8 cm³/mol. The summed E-state index contributed by atoms with van der Waals surface area (Å²) >= 11 is 6.21. The number of hydrogen-bond acceptors (Lipinski definition) is 3. The molecule has 1 N–H and O–H groups in total. The molecule has 0 radical (unpaired) electrons. The first kappa shape index (κ1) is 13.2. The van der Waals surface area contributed by atoms with Crippen LogP contribution in [0.1, 0.15) is 25.7 Å². The third-order valence-corrected chi connectivity index (χ3v) is 4.46. The summed E-state index contributed by atoms with van der Waals surface area (Å²) < 4.78 is 11.5. The molecule has 1 spiro atoms. The maximum Gasteiger partial charge on any atom is 0.0745 e. The van der Waals surface area contributed by atoms with Gasteiger partial charge in [-0.15, -0.1) is 0 Å². The maximum atomic E-state index is 6.21. The first-order valence-corrected chi connectivity index (χ1v) is 7.38. The van der Waals surface area contributed by atoms with Gasteiger partial charge in [0.1, 0.15) is 0 Å². The molecule has 1 atom stereocenters. The molecule has 2 heterocycles. The van der Waals surface area contributed by atoms with Crippen LogP contribution < -0.4 is 5.32 Å². The quantitative estimate of drug-likeness (QED) is 0.900. The SMILES string of the molecule is Clc1ccccc1NC1CCOC2(CCOCC2)C1. The Morgan fingerprint density at radius 1 is 1.16 bits per heavy atom. The Balaban J connectivity index is 1.67. The van der Waals surface area contributed by atoms with Gasteiger partial charge in [-0.1, -0.05) is 23.7 Å². The van der Waals surface area contributed by atoms with Gasteiger partial charge in [0.2, 0.25) is 0 Å². The number of ether oxygens (including phenoxy) is 2. The van der Waals surface area contributed by atoms with Crippen LogP contribution in [-0.4, -0.2) is 31.5 Å². The number of nitrogens with one attached hydrogen (secondary N) is 1. The normalized spacial score (nSPS) is 26.3. The van der Waals surface area contributed by atoms with Crippen LogP contribution in [0.25, 0.3) is 0 Å². The highest BCUT2D eigenvalue weighted by Gasteiger charge is 2.39. The van der Waals surface area contributed by atoms with Gasteiger partial charge in [0.05, 0.1) is 16.3 Å². The van der Waals surface area contributed by atoms with Crippen LogP contribution in [0.3, 0.4) is 0 Å². The van der Waals surface area contributed by atoms with Crippen molar-refractivity contribution in [3.8, 4) is 0 Å². The van der Waals surface area contributed by atoms with E-state index in [0.29, 0.717) is 6.04 Å². The van der Waals surface area contributed by atoms with E-state index in [1.54, 1.807) is 0 Å². The van der Waals surface area contributed by atoms with Gasteiger partial charge in [-0.05, 0) is 37.8 Å². The van der Waals surface area contributed by atoms with Crippen molar-refractivity contribution >= 4 is 17.3 Å². The van der Waals surface area contributed by atoms with E-state index in [4.69, 9.17) is 21.1 Å². The van der Waals surface area contributed by atoms with Crippen molar-refractivity contribution in [1.82, 2.24) is 0 Å². The van der Waals surface area contributed by atoms with Crippen molar-refractivity contribution in [1.29, 1.82) is 0 Å². The van der Waals surface area contributed by atoms with E-state index in [0.717, 1.165) is 56.2 Å². The molecule has 3 rings (SSSR count). The highest BCUT2D eigenvalue weighted by molar-refractivity contribution is 6.33. The minimum Gasteiger partial charge on any atom is -0.381 e. The highest BCUT2D eigenvalue weighted by atomic mass is 35.5. The lowest BCUT2D eigenvalue weighted by atomic mass is 9.84. The molecule has 3 nitrogen and oxygen atoms in total. The lowest BCUT2D eigenvalue weighted by Gasteiger charge is -2.43. The number of para-hydroxylation sites is 1. The molecule has 0 saturated carbocycles. The van der Waals surface area contributed by atoms with Gasteiger partial charge in [-0.2, -0.15) is 0 Å². The smallest absolute Gasteiger partial charge is 0.0745 e. The van der Waals surface area contributed by atoms with Crippen LogP contribution in [0.4, 0.5) is 5.69 Å². The fourth-order valence-electron chi connectivity index (χ4n) is 3.04. The Hall–Kier alpha value is -0.770. The van der Waals surface area contributed by atoms with Crippen LogP contribution >= 0.6 is 11.6 Å². The number of halogens is 1. The number of hydrogen-bond donors (Lipinski definition) is 1. The fraction of sp³-hybridized carbons (Fsp3) is 0.600. The number of benzene rings is 1. The van der Waals surface area contributed by atoms with Gasteiger partial charge in [-0.25, -0.2) is 0 Å². The molecule has 2 aliphatic rings. The first-order chi connectivity index (χ1) is 9.27. The average Bonchev–Trinajstić information content (AvgIpc) is 2.42. The molecule has 4 heteroatoms. The van der Waals surface area contributed by atoms with E-state index in [1.165, 1.54) is 0 Å². The molecule has 104 valence electrons. The lowest BCUT2D eigenvalue weighted by molar-refractivity contribution is -0.135. The van der Waals surface area contributed by atoms with Crippen molar-refractivity contribution in [2.24, 2.45) is 0 Å². The van der Waals surface area contributed by atoms with Crippen molar-refractivity contribution in [3.63, 3.8) is 0 Å². The molecule has 0 aromatic heterocycles. The second kappa shape index (κ2) is 5.70. The third kappa shape index (κ3) is 3.04. The average molecular weight is 282 g/mol. The van der Waals surface area contributed by atoms with Gasteiger partial charge in [-0.3, -0.25) is 0 Å².